The van der Waals surface area contributed by atoms with Crippen molar-refractivity contribution >= 4 is 0 Å². The summed E-state index contributed by atoms with van der Waals surface area (Å²) in [7, 11) is 0. The van der Waals surface area contributed by atoms with Crippen molar-refractivity contribution in [2.24, 2.45) is 23.7 Å². The average molecular weight is 266 g/mol. The molecule has 104 valence electrons. The van der Waals surface area contributed by atoms with Crippen LogP contribution in [0, 0.1) is 48.9 Å². The first-order valence-corrected chi connectivity index (χ1v) is 8.04. The molecule has 0 radical (unpaired) electrons. The molecule has 0 aliphatic heterocycles. The van der Waals surface area contributed by atoms with Crippen molar-refractivity contribution in [3.05, 3.63) is 28.6 Å². The highest BCUT2D eigenvalue weighted by molar-refractivity contribution is 5.45. The van der Waals surface area contributed by atoms with Crippen LogP contribution in [-0.2, 0) is 0 Å². The predicted octanol–water partition coefficient (Wildman–Crippen LogP) is 4.11. The average Bonchev–Trinajstić information content (AvgIpc) is 2.36. The monoisotopic (exact) mass is 266 g/mol. The van der Waals surface area contributed by atoms with Crippen molar-refractivity contribution in [1.29, 1.82) is 5.26 Å². The van der Waals surface area contributed by atoms with Gasteiger partial charge >= 0.3 is 0 Å². The Morgan fingerprint density at radius 3 is 2.20 bits per heavy atom. The van der Waals surface area contributed by atoms with Crippen molar-refractivity contribution in [2.75, 3.05) is 0 Å². The number of hydrogen-bond donors (Lipinski definition) is 0. The van der Waals surface area contributed by atoms with Gasteiger partial charge < -0.3 is 0 Å². The van der Waals surface area contributed by atoms with Crippen LogP contribution in [0.1, 0.15) is 60.5 Å². The number of aromatic nitrogens is 1. The third-order valence-electron chi connectivity index (χ3n) is 6.06. The van der Waals surface area contributed by atoms with Crippen LogP contribution in [0.15, 0.2) is 6.07 Å². The summed E-state index contributed by atoms with van der Waals surface area (Å²) in [5, 5.41) is 9.55. The normalized spacial score (nSPS) is 38.0. The largest absolute Gasteiger partial charge is 0.257 e. The third-order valence-corrected chi connectivity index (χ3v) is 6.06. The molecule has 4 aliphatic rings. The Bertz CT molecular complexity index is 568. The Hall–Kier alpha value is -1.36. The van der Waals surface area contributed by atoms with E-state index in [0.29, 0.717) is 5.92 Å². The molecule has 0 spiro atoms. The third kappa shape index (κ3) is 1.72. The first kappa shape index (κ1) is 12.4. The Balaban J connectivity index is 1.80. The van der Waals surface area contributed by atoms with E-state index in [-0.39, 0.29) is 0 Å². The van der Waals surface area contributed by atoms with Gasteiger partial charge in [0.05, 0.1) is 11.3 Å². The molecule has 0 atom stereocenters. The van der Waals surface area contributed by atoms with Gasteiger partial charge in [0.1, 0.15) is 6.07 Å². The quantitative estimate of drug-likeness (QED) is 0.767. The Morgan fingerprint density at radius 2 is 1.65 bits per heavy atom. The highest BCUT2D eigenvalue weighted by Gasteiger charge is 2.49. The number of rotatable bonds is 1. The van der Waals surface area contributed by atoms with Crippen LogP contribution in [0.2, 0.25) is 0 Å². The highest BCUT2D eigenvalue weighted by Crippen LogP contribution is 2.60. The predicted molar refractivity (Wildman–Crippen MR) is 78.2 cm³/mol. The van der Waals surface area contributed by atoms with Crippen molar-refractivity contribution in [2.45, 2.75) is 51.9 Å². The number of pyridine rings is 1. The van der Waals surface area contributed by atoms with Crippen molar-refractivity contribution in [1.82, 2.24) is 4.98 Å². The lowest BCUT2D eigenvalue weighted by atomic mass is 9.50. The van der Waals surface area contributed by atoms with Crippen LogP contribution in [0.3, 0.4) is 0 Å². The minimum absolute atomic E-state index is 0.637. The first-order valence-electron chi connectivity index (χ1n) is 8.04. The minimum Gasteiger partial charge on any atom is -0.257 e. The Kier molecular flexibility index (Phi) is 2.67. The molecule has 2 heteroatoms. The Labute approximate surface area is 121 Å². The summed E-state index contributed by atoms with van der Waals surface area (Å²) >= 11 is 0. The highest BCUT2D eigenvalue weighted by atomic mass is 14.7. The molecule has 4 bridgehead atoms. The molecule has 1 aromatic heterocycles. The van der Waals surface area contributed by atoms with Crippen LogP contribution in [0.5, 0.6) is 0 Å². The van der Waals surface area contributed by atoms with Crippen LogP contribution in [-0.4, -0.2) is 4.98 Å². The van der Waals surface area contributed by atoms with E-state index >= 15 is 0 Å². The summed E-state index contributed by atoms with van der Waals surface area (Å²) in [4.78, 5) is 4.50. The van der Waals surface area contributed by atoms with Gasteiger partial charge in [-0.1, -0.05) is 0 Å². The van der Waals surface area contributed by atoms with Gasteiger partial charge in [0.2, 0.25) is 0 Å². The fraction of sp³-hybridized carbons (Fsp3) is 0.667. The molecule has 0 saturated heterocycles. The first-order chi connectivity index (χ1) is 9.65. The maximum atomic E-state index is 9.55. The molecule has 5 rings (SSSR count). The smallest absolute Gasteiger partial charge is 0.101 e. The molecule has 20 heavy (non-hydrogen) atoms. The second kappa shape index (κ2) is 4.32. The van der Waals surface area contributed by atoms with Gasteiger partial charge in [0.15, 0.2) is 0 Å². The lowest BCUT2D eigenvalue weighted by Gasteiger charge is -2.54. The van der Waals surface area contributed by atoms with E-state index in [1.165, 1.54) is 37.7 Å². The lowest BCUT2D eigenvalue weighted by Crippen LogP contribution is -2.44. The summed E-state index contributed by atoms with van der Waals surface area (Å²) in [5.41, 5.74) is 4.20. The topological polar surface area (TPSA) is 36.7 Å². The summed E-state index contributed by atoms with van der Waals surface area (Å²) in [6, 6.07) is 4.64. The minimum atomic E-state index is 0.637. The molecular formula is C18H22N2. The fourth-order valence-corrected chi connectivity index (χ4v) is 5.70. The van der Waals surface area contributed by atoms with Gasteiger partial charge in [-0.3, -0.25) is 4.98 Å². The number of hydrogen-bond acceptors (Lipinski definition) is 2. The zero-order valence-corrected chi connectivity index (χ0v) is 12.4. The van der Waals surface area contributed by atoms with E-state index in [2.05, 4.69) is 24.0 Å². The van der Waals surface area contributed by atoms with Gasteiger partial charge in [-0.05, 0) is 87.2 Å². The lowest BCUT2D eigenvalue weighted by molar-refractivity contribution is -0.00292. The van der Waals surface area contributed by atoms with Gasteiger partial charge in [0, 0.05) is 5.69 Å². The molecule has 1 aromatic rings. The summed E-state index contributed by atoms with van der Waals surface area (Å²) < 4.78 is 0. The molecule has 4 saturated carbocycles. The SMILES string of the molecule is Cc1cc(C2C3CC4CC(C3)CC2C4)c(C#N)c(C)n1. The van der Waals surface area contributed by atoms with Gasteiger partial charge in [0.25, 0.3) is 0 Å². The number of nitrogens with zero attached hydrogens (tertiary/aromatic N) is 2. The van der Waals surface area contributed by atoms with Gasteiger partial charge in [-0.25, -0.2) is 0 Å². The molecule has 4 aliphatic carbocycles. The molecule has 4 fully saturated rings. The summed E-state index contributed by atoms with van der Waals surface area (Å²) in [6.45, 7) is 4.05. The molecular weight excluding hydrogens is 244 g/mol. The Morgan fingerprint density at radius 1 is 1.05 bits per heavy atom. The molecule has 2 nitrogen and oxygen atoms in total. The van der Waals surface area contributed by atoms with Crippen LogP contribution >= 0.6 is 0 Å². The van der Waals surface area contributed by atoms with E-state index in [4.69, 9.17) is 0 Å². The van der Waals surface area contributed by atoms with Crippen LogP contribution in [0.25, 0.3) is 0 Å². The second-order valence-corrected chi connectivity index (χ2v) is 7.38. The standard InChI is InChI=1S/C18H22N2/c1-10-3-16(17(9-19)11(2)20-10)18-14-5-12-4-13(7-14)8-15(18)6-12/h3,12-15,18H,4-8H2,1-2H3. The zero-order chi connectivity index (χ0) is 13.9. The molecule has 1 heterocycles. The number of aryl methyl sites for hydroxylation is 2. The maximum absolute atomic E-state index is 9.55. The van der Waals surface area contributed by atoms with Crippen molar-refractivity contribution in [3.8, 4) is 6.07 Å². The molecule has 0 unspecified atom stereocenters. The van der Waals surface area contributed by atoms with Gasteiger partial charge in [-0.15, -0.1) is 0 Å². The van der Waals surface area contributed by atoms with Crippen LogP contribution in [0.4, 0.5) is 0 Å². The van der Waals surface area contributed by atoms with E-state index in [0.717, 1.165) is 40.6 Å². The van der Waals surface area contributed by atoms with Crippen molar-refractivity contribution < 1.29 is 0 Å². The second-order valence-electron chi connectivity index (χ2n) is 7.38. The zero-order valence-electron chi connectivity index (χ0n) is 12.4. The maximum Gasteiger partial charge on any atom is 0.101 e. The van der Waals surface area contributed by atoms with E-state index in [1.807, 2.05) is 6.92 Å². The van der Waals surface area contributed by atoms with Gasteiger partial charge in [-0.2, -0.15) is 5.26 Å². The molecule has 0 amide bonds. The summed E-state index contributed by atoms with van der Waals surface area (Å²) in [5.74, 6) is 4.28. The van der Waals surface area contributed by atoms with Crippen LogP contribution < -0.4 is 0 Å². The van der Waals surface area contributed by atoms with E-state index in [1.54, 1.807) is 0 Å². The van der Waals surface area contributed by atoms with E-state index < -0.39 is 0 Å². The number of nitriles is 1. The fourth-order valence-electron chi connectivity index (χ4n) is 5.70. The van der Waals surface area contributed by atoms with E-state index in [9.17, 15) is 5.26 Å². The van der Waals surface area contributed by atoms with Crippen molar-refractivity contribution in [3.63, 3.8) is 0 Å². The molecule has 0 aromatic carbocycles. The molecule has 0 N–H and O–H groups in total. The summed E-state index contributed by atoms with van der Waals surface area (Å²) in [6.07, 6.45) is 7.11.